The molecule has 0 bridgehead atoms. The van der Waals surface area contributed by atoms with Gasteiger partial charge in [0.1, 0.15) is 5.76 Å². The Kier molecular flexibility index (Phi) is 6.22. The van der Waals surface area contributed by atoms with Crippen LogP contribution in [0, 0.1) is 5.92 Å². The van der Waals surface area contributed by atoms with E-state index in [4.69, 9.17) is 4.99 Å². The van der Waals surface area contributed by atoms with Crippen molar-refractivity contribution in [2.75, 3.05) is 23.8 Å². The molecule has 2 heterocycles. The van der Waals surface area contributed by atoms with Gasteiger partial charge in [-0.15, -0.1) is 0 Å². The van der Waals surface area contributed by atoms with Crippen LogP contribution in [0.1, 0.15) is 43.2 Å². The number of benzene rings is 2. The molecule has 2 aromatic carbocycles. The lowest BCUT2D eigenvalue weighted by atomic mass is 9.79. The van der Waals surface area contributed by atoms with E-state index in [0.29, 0.717) is 11.3 Å². The summed E-state index contributed by atoms with van der Waals surface area (Å²) in [6.07, 6.45) is 6.28. The highest BCUT2D eigenvalue weighted by atomic mass is 16.3. The van der Waals surface area contributed by atoms with E-state index in [9.17, 15) is 19.5 Å². The van der Waals surface area contributed by atoms with E-state index in [1.807, 2.05) is 24.3 Å². The first-order valence-electron chi connectivity index (χ1n) is 12.2. The average molecular weight is 488 g/mol. The topological polar surface area (TPSA) is 123 Å². The molecule has 3 aliphatic rings. The number of carbonyl (C=O) groups is 3. The van der Waals surface area contributed by atoms with Crippen LogP contribution in [-0.2, 0) is 9.59 Å². The normalized spacial score (nSPS) is 22.2. The summed E-state index contributed by atoms with van der Waals surface area (Å²) in [6, 6.07) is 13.6. The number of carbonyl (C=O) groups excluding carboxylic acids is 3. The lowest BCUT2D eigenvalue weighted by molar-refractivity contribution is -0.126. The Labute approximate surface area is 209 Å². The van der Waals surface area contributed by atoms with Gasteiger partial charge in [-0.3, -0.25) is 14.6 Å². The van der Waals surface area contributed by atoms with E-state index in [2.05, 4.69) is 16.0 Å². The van der Waals surface area contributed by atoms with Crippen LogP contribution in [0.2, 0.25) is 0 Å². The quantitative estimate of drug-likeness (QED) is 0.526. The van der Waals surface area contributed by atoms with Crippen LogP contribution in [0.15, 0.2) is 59.3 Å². The molecule has 2 aromatic rings. The van der Waals surface area contributed by atoms with Crippen molar-refractivity contribution >= 4 is 41.0 Å². The van der Waals surface area contributed by atoms with Gasteiger partial charge >= 0.3 is 6.03 Å². The van der Waals surface area contributed by atoms with Crippen molar-refractivity contribution in [2.45, 2.75) is 37.8 Å². The second-order valence-corrected chi connectivity index (χ2v) is 9.45. The second kappa shape index (κ2) is 9.49. The second-order valence-electron chi connectivity index (χ2n) is 9.45. The minimum absolute atomic E-state index is 0.0427. The number of rotatable bonds is 4. The van der Waals surface area contributed by atoms with Crippen LogP contribution in [-0.4, -0.2) is 48.4 Å². The van der Waals surface area contributed by atoms with Gasteiger partial charge in [-0.05, 0) is 36.6 Å². The van der Waals surface area contributed by atoms with Gasteiger partial charge in [-0.2, -0.15) is 0 Å². The summed E-state index contributed by atoms with van der Waals surface area (Å²) in [6.45, 7) is 0.0756. The summed E-state index contributed by atoms with van der Waals surface area (Å²) in [5, 5.41) is 18.4. The van der Waals surface area contributed by atoms with Crippen LogP contribution in [0.3, 0.4) is 0 Å². The summed E-state index contributed by atoms with van der Waals surface area (Å²) in [4.78, 5) is 45.7. The molecule has 186 valence electrons. The van der Waals surface area contributed by atoms with E-state index >= 15 is 0 Å². The standard InChI is InChI=1S/C27H29N5O4/c1-32-21-13-6-5-8-18(21)15-29-27(25(32)35,19-10-3-2-4-11-19)31-26(36)30-20-12-7-9-17(14-20)23-22(33)16-28-24(23)34/h5-9,12-15,19,33H,2-4,10-11,16H2,1H3,(H,28,34)(H2,30,31,36). The van der Waals surface area contributed by atoms with Crippen molar-refractivity contribution in [1.29, 1.82) is 0 Å². The third kappa shape index (κ3) is 4.21. The fourth-order valence-corrected chi connectivity index (χ4v) is 5.34. The van der Waals surface area contributed by atoms with Gasteiger partial charge in [0, 0.05) is 30.4 Å². The predicted molar refractivity (Wildman–Crippen MR) is 138 cm³/mol. The van der Waals surface area contributed by atoms with Crippen LogP contribution in [0.25, 0.3) is 5.57 Å². The fraction of sp³-hybridized carbons (Fsp3) is 0.333. The van der Waals surface area contributed by atoms with Gasteiger partial charge < -0.3 is 26.0 Å². The van der Waals surface area contributed by atoms with E-state index in [-0.39, 0.29) is 35.6 Å². The number of aliphatic imine (C=N–C) groups is 1. The zero-order chi connectivity index (χ0) is 25.3. The third-order valence-electron chi connectivity index (χ3n) is 7.18. The molecular formula is C27H29N5O4. The van der Waals surface area contributed by atoms with E-state index in [0.717, 1.165) is 43.4 Å². The molecular weight excluding hydrogens is 458 g/mol. The molecule has 9 heteroatoms. The van der Waals surface area contributed by atoms with Gasteiger partial charge in [0.2, 0.25) is 5.66 Å². The van der Waals surface area contributed by atoms with Crippen molar-refractivity contribution in [3.05, 3.63) is 65.4 Å². The maximum absolute atomic E-state index is 13.9. The molecule has 1 aliphatic carbocycles. The highest BCUT2D eigenvalue weighted by Crippen LogP contribution is 2.38. The largest absolute Gasteiger partial charge is 0.510 e. The van der Waals surface area contributed by atoms with Gasteiger partial charge in [0.15, 0.2) is 0 Å². The average Bonchev–Trinajstić information content (AvgIpc) is 3.19. The Balaban J connectivity index is 1.44. The first-order valence-corrected chi connectivity index (χ1v) is 12.2. The molecule has 4 N–H and O–H groups in total. The Hall–Kier alpha value is -4.14. The molecule has 4 amide bonds. The number of hydrogen-bond acceptors (Lipinski definition) is 5. The zero-order valence-corrected chi connectivity index (χ0v) is 20.1. The first-order chi connectivity index (χ1) is 17.4. The smallest absolute Gasteiger partial charge is 0.321 e. The van der Waals surface area contributed by atoms with Crippen molar-refractivity contribution in [3.8, 4) is 0 Å². The Morgan fingerprint density at radius 2 is 1.89 bits per heavy atom. The third-order valence-corrected chi connectivity index (χ3v) is 7.18. The van der Waals surface area contributed by atoms with Gasteiger partial charge in [-0.1, -0.05) is 49.6 Å². The summed E-state index contributed by atoms with van der Waals surface area (Å²) in [5.74, 6) is -0.837. The first kappa shape index (κ1) is 23.6. The van der Waals surface area contributed by atoms with Crippen molar-refractivity contribution < 1.29 is 19.5 Å². The number of likely N-dealkylation sites (N-methyl/N-ethyl adjacent to an activating group) is 1. The number of para-hydroxylation sites is 1. The number of hydrogen-bond donors (Lipinski definition) is 4. The van der Waals surface area contributed by atoms with Crippen molar-refractivity contribution in [3.63, 3.8) is 0 Å². The van der Waals surface area contributed by atoms with Gasteiger partial charge in [-0.25, -0.2) is 4.79 Å². The highest BCUT2D eigenvalue weighted by Gasteiger charge is 2.49. The molecule has 0 aromatic heterocycles. The molecule has 1 fully saturated rings. The molecule has 1 saturated carbocycles. The molecule has 2 aliphatic heterocycles. The van der Waals surface area contributed by atoms with Crippen LogP contribution >= 0.6 is 0 Å². The Bertz CT molecular complexity index is 1280. The van der Waals surface area contributed by atoms with Crippen LogP contribution in [0.4, 0.5) is 16.2 Å². The molecule has 5 rings (SSSR count). The molecule has 1 atom stereocenters. The Morgan fingerprint density at radius 3 is 2.64 bits per heavy atom. The predicted octanol–water partition coefficient (Wildman–Crippen LogP) is 3.58. The lowest BCUT2D eigenvalue weighted by Gasteiger charge is -2.40. The van der Waals surface area contributed by atoms with Crippen LogP contribution in [0.5, 0.6) is 0 Å². The fourth-order valence-electron chi connectivity index (χ4n) is 5.34. The molecule has 0 radical (unpaired) electrons. The number of urea groups is 1. The molecule has 1 unspecified atom stereocenters. The maximum atomic E-state index is 13.9. The number of nitrogens with one attached hydrogen (secondary N) is 3. The number of aliphatic hydroxyl groups excluding tert-OH is 1. The lowest BCUT2D eigenvalue weighted by Crippen LogP contribution is -2.63. The monoisotopic (exact) mass is 487 g/mol. The Morgan fingerprint density at radius 1 is 1.11 bits per heavy atom. The number of nitrogens with zero attached hydrogens (tertiary/aromatic N) is 2. The van der Waals surface area contributed by atoms with E-state index in [1.54, 1.807) is 42.4 Å². The number of benzodiazepines with no additional fused rings is 1. The molecule has 36 heavy (non-hydrogen) atoms. The van der Waals surface area contributed by atoms with Crippen LogP contribution < -0.4 is 20.9 Å². The van der Waals surface area contributed by atoms with Crippen molar-refractivity contribution in [1.82, 2.24) is 10.6 Å². The summed E-state index contributed by atoms with van der Waals surface area (Å²) in [7, 11) is 1.71. The number of anilines is 2. The molecule has 0 saturated heterocycles. The number of aliphatic hydroxyl groups is 1. The zero-order valence-electron chi connectivity index (χ0n) is 20.1. The SMILES string of the molecule is CN1C(=O)C(NC(=O)Nc2cccc(C3=C(O)CNC3=O)c2)(C2CCCCC2)N=Cc2ccccc21. The highest BCUT2D eigenvalue weighted by molar-refractivity contribution is 6.22. The van der Waals surface area contributed by atoms with Gasteiger partial charge in [0.05, 0.1) is 17.8 Å². The number of fused-ring (bicyclic) bond motifs is 1. The summed E-state index contributed by atoms with van der Waals surface area (Å²) < 4.78 is 0. The maximum Gasteiger partial charge on any atom is 0.321 e. The number of amides is 4. The summed E-state index contributed by atoms with van der Waals surface area (Å²) >= 11 is 0. The van der Waals surface area contributed by atoms with Crippen molar-refractivity contribution in [2.24, 2.45) is 10.9 Å². The van der Waals surface area contributed by atoms with E-state index in [1.165, 1.54) is 0 Å². The minimum atomic E-state index is -1.44. The van der Waals surface area contributed by atoms with E-state index < -0.39 is 11.7 Å². The minimum Gasteiger partial charge on any atom is -0.510 e. The molecule has 9 nitrogen and oxygen atoms in total. The molecule has 0 spiro atoms. The van der Waals surface area contributed by atoms with Gasteiger partial charge in [0.25, 0.3) is 11.8 Å². The summed E-state index contributed by atoms with van der Waals surface area (Å²) in [5.41, 5.74) is 1.19.